The van der Waals surface area contributed by atoms with Gasteiger partial charge in [0.25, 0.3) is 0 Å². The molecular formula is C34H66O4. The van der Waals surface area contributed by atoms with E-state index in [-0.39, 0.29) is 18.5 Å². The van der Waals surface area contributed by atoms with E-state index in [0.29, 0.717) is 12.8 Å². The number of carbonyl (C=O) groups is 2. The summed E-state index contributed by atoms with van der Waals surface area (Å²) in [5.41, 5.74) is 0. The summed E-state index contributed by atoms with van der Waals surface area (Å²) < 4.78 is 5.70. The number of aliphatic carboxylic acids is 1. The second-order valence-corrected chi connectivity index (χ2v) is 11.7. The first-order valence-electron chi connectivity index (χ1n) is 17.0. The summed E-state index contributed by atoms with van der Waals surface area (Å²) in [6.45, 7) is 4.53. The van der Waals surface area contributed by atoms with Crippen molar-refractivity contribution < 1.29 is 19.4 Å². The number of hydrogen-bond donors (Lipinski definition) is 1. The minimum absolute atomic E-state index is 0.0782. The SMILES string of the molecule is CCCCCCCCCCCCCCCCC(=O)OC(CCCCCCCCCCCCC)CCC(=O)O. The molecule has 0 aromatic carbocycles. The Morgan fingerprint density at radius 2 is 0.816 bits per heavy atom. The number of carboxylic acids is 1. The summed E-state index contributed by atoms with van der Waals surface area (Å²) in [4.78, 5) is 23.4. The van der Waals surface area contributed by atoms with E-state index in [2.05, 4.69) is 13.8 Å². The molecule has 0 aromatic rings. The predicted octanol–water partition coefficient (Wildman–Crippen LogP) is 11.3. The first-order valence-corrected chi connectivity index (χ1v) is 17.0. The number of hydrogen-bond acceptors (Lipinski definition) is 3. The number of carboxylic acid groups (broad SMARTS) is 1. The van der Waals surface area contributed by atoms with E-state index in [1.54, 1.807) is 0 Å². The molecule has 0 saturated carbocycles. The van der Waals surface area contributed by atoms with E-state index in [9.17, 15) is 9.59 Å². The molecule has 1 N–H and O–H groups in total. The predicted molar refractivity (Wildman–Crippen MR) is 163 cm³/mol. The number of esters is 1. The Labute approximate surface area is 237 Å². The van der Waals surface area contributed by atoms with Gasteiger partial charge in [0.05, 0.1) is 0 Å². The average Bonchev–Trinajstić information content (AvgIpc) is 2.90. The molecule has 0 bridgehead atoms. The van der Waals surface area contributed by atoms with Crippen LogP contribution in [0, 0.1) is 0 Å². The molecule has 1 atom stereocenters. The standard InChI is InChI=1S/C34H66O4/c1-3-5-7-9-11-13-15-16-17-19-21-23-25-27-29-34(37)38-32(30-31-33(35)36)28-26-24-22-20-18-14-12-10-8-6-4-2/h32H,3-31H2,1-2H3,(H,35,36). The van der Waals surface area contributed by atoms with Gasteiger partial charge in [-0.3, -0.25) is 9.59 Å². The van der Waals surface area contributed by atoms with Gasteiger partial charge in [-0.05, 0) is 25.7 Å². The van der Waals surface area contributed by atoms with Crippen LogP contribution in [-0.4, -0.2) is 23.1 Å². The van der Waals surface area contributed by atoms with Gasteiger partial charge >= 0.3 is 11.9 Å². The van der Waals surface area contributed by atoms with Gasteiger partial charge in [0.2, 0.25) is 0 Å². The van der Waals surface area contributed by atoms with Crippen LogP contribution in [0.1, 0.15) is 200 Å². The van der Waals surface area contributed by atoms with Crippen LogP contribution in [0.15, 0.2) is 0 Å². The Morgan fingerprint density at radius 3 is 1.18 bits per heavy atom. The zero-order chi connectivity index (χ0) is 27.9. The molecule has 226 valence electrons. The van der Waals surface area contributed by atoms with Crippen molar-refractivity contribution in [3.63, 3.8) is 0 Å². The maximum Gasteiger partial charge on any atom is 0.306 e. The topological polar surface area (TPSA) is 63.6 Å². The molecule has 0 radical (unpaired) electrons. The summed E-state index contributed by atoms with van der Waals surface area (Å²) in [7, 11) is 0. The Morgan fingerprint density at radius 1 is 0.474 bits per heavy atom. The molecule has 0 amide bonds. The lowest BCUT2D eigenvalue weighted by atomic mass is 10.0. The molecule has 1 unspecified atom stereocenters. The van der Waals surface area contributed by atoms with Crippen molar-refractivity contribution in [1.82, 2.24) is 0 Å². The summed E-state index contributed by atoms with van der Waals surface area (Å²) in [5.74, 6) is -0.945. The van der Waals surface area contributed by atoms with Gasteiger partial charge in [-0.25, -0.2) is 0 Å². The Kier molecular flexibility index (Phi) is 29.6. The molecule has 38 heavy (non-hydrogen) atoms. The highest BCUT2D eigenvalue weighted by Gasteiger charge is 2.15. The van der Waals surface area contributed by atoms with E-state index < -0.39 is 5.97 Å². The summed E-state index contributed by atoms with van der Waals surface area (Å²) in [5, 5.41) is 9.06. The summed E-state index contributed by atoms with van der Waals surface area (Å²) in [6, 6.07) is 0. The lowest BCUT2D eigenvalue weighted by Crippen LogP contribution is -2.19. The lowest BCUT2D eigenvalue weighted by molar-refractivity contribution is -0.151. The van der Waals surface area contributed by atoms with Gasteiger partial charge in [-0.15, -0.1) is 0 Å². The minimum atomic E-state index is -0.808. The van der Waals surface area contributed by atoms with Crippen molar-refractivity contribution >= 4 is 11.9 Å². The Balaban J connectivity index is 3.73. The normalized spacial score (nSPS) is 12.1. The first kappa shape index (κ1) is 36.9. The second-order valence-electron chi connectivity index (χ2n) is 11.7. The molecule has 0 aliphatic rings. The van der Waals surface area contributed by atoms with Crippen molar-refractivity contribution in [1.29, 1.82) is 0 Å². The molecule has 0 saturated heterocycles. The van der Waals surface area contributed by atoms with Gasteiger partial charge in [0, 0.05) is 12.8 Å². The molecule has 0 aliphatic carbocycles. The van der Waals surface area contributed by atoms with Crippen molar-refractivity contribution in [3.05, 3.63) is 0 Å². The molecule has 0 aliphatic heterocycles. The maximum absolute atomic E-state index is 12.3. The number of carbonyl (C=O) groups excluding carboxylic acids is 1. The van der Waals surface area contributed by atoms with Crippen LogP contribution < -0.4 is 0 Å². The first-order chi connectivity index (χ1) is 18.6. The van der Waals surface area contributed by atoms with Gasteiger partial charge in [0.1, 0.15) is 6.10 Å². The van der Waals surface area contributed by atoms with Crippen LogP contribution in [0.4, 0.5) is 0 Å². The van der Waals surface area contributed by atoms with E-state index in [1.165, 1.54) is 135 Å². The third kappa shape index (κ3) is 29.5. The zero-order valence-corrected chi connectivity index (χ0v) is 25.8. The van der Waals surface area contributed by atoms with E-state index in [0.717, 1.165) is 32.1 Å². The minimum Gasteiger partial charge on any atom is -0.481 e. The highest BCUT2D eigenvalue weighted by molar-refractivity contribution is 5.69. The smallest absolute Gasteiger partial charge is 0.306 e. The van der Waals surface area contributed by atoms with Gasteiger partial charge in [-0.1, -0.05) is 162 Å². The van der Waals surface area contributed by atoms with Crippen molar-refractivity contribution in [2.24, 2.45) is 0 Å². The van der Waals surface area contributed by atoms with Gasteiger partial charge in [-0.2, -0.15) is 0 Å². The molecule has 0 rings (SSSR count). The molecule has 0 aromatic heterocycles. The van der Waals surface area contributed by atoms with Gasteiger partial charge < -0.3 is 9.84 Å². The quantitative estimate of drug-likeness (QED) is 0.0704. The Hall–Kier alpha value is -1.06. The van der Waals surface area contributed by atoms with Crippen molar-refractivity contribution in [2.75, 3.05) is 0 Å². The van der Waals surface area contributed by atoms with Crippen LogP contribution in [0.5, 0.6) is 0 Å². The van der Waals surface area contributed by atoms with E-state index in [1.807, 2.05) is 0 Å². The van der Waals surface area contributed by atoms with Gasteiger partial charge in [0.15, 0.2) is 0 Å². The largest absolute Gasteiger partial charge is 0.481 e. The van der Waals surface area contributed by atoms with Crippen LogP contribution in [0.3, 0.4) is 0 Å². The number of rotatable bonds is 31. The van der Waals surface area contributed by atoms with E-state index in [4.69, 9.17) is 9.84 Å². The molecule has 4 nitrogen and oxygen atoms in total. The maximum atomic E-state index is 12.3. The molecule has 4 heteroatoms. The number of ether oxygens (including phenoxy) is 1. The molecule has 0 spiro atoms. The highest BCUT2D eigenvalue weighted by Crippen LogP contribution is 2.18. The average molecular weight is 539 g/mol. The molecule has 0 fully saturated rings. The zero-order valence-electron chi connectivity index (χ0n) is 25.8. The fourth-order valence-corrected chi connectivity index (χ4v) is 5.29. The van der Waals surface area contributed by atoms with Crippen LogP contribution >= 0.6 is 0 Å². The Bertz CT molecular complexity index is 505. The number of unbranched alkanes of at least 4 members (excludes halogenated alkanes) is 23. The van der Waals surface area contributed by atoms with E-state index >= 15 is 0 Å². The summed E-state index contributed by atoms with van der Waals surface area (Å²) in [6.07, 6.45) is 33.9. The second kappa shape index (κ2) is 30.5. The third-order valence-electron chi connectivity index (χ3n) is 7.84. The van der Waals surface area contributed by atoms with Crippen molar-refractivity contribution in [2.45, 2.75) is 206 Å². The fraction of sp³-hybridized carbons (Fsp3) is 0.941. The van der Waals surface area contributed by atoms with Crippen LogP contribution in [-0.2, 0) is 14.3 Å². The monoisotopic (exact) mass is 538 g/mol. The fourth-order valence-electron chi connectivity index (χ4n) is 5.29. The lowest BCUT2D eigenvalue weighted by Gasteiger charge is -2.17. The molecule has 0 heterocycles. The third-order valence-corrected chi connectivity index (χ3v) is 7.84. The van der Waals surface area contributed by atoms with Crippen LogP contribution in [0.25, 0.3) is 0 Å². The van der Waals surface area contributed by atoms with Crippen LogP contribution in [0.2, 0.25) is 0 Å². The molecular weight excluding hydrogens is 472 g/mol. The summed E-state index contributed by atoms with van der Waals surface area (Å²) >= 11 is 0. The highest BCUT2D eigenvalue weighted by atomic mass is 16.5. The van der Waals surface area contributed by atoms with Crippen molar-refractivity contribution in [3.8, 4) is 0 Å².